The zero-order chi connectivity index (χ0) is 33.1. The highest BCUT2D eigenvalue weighted by Gasteiger charge is 2.18. The molecule has 0 spiro atoms. The molecule has 0 radical (unpaired) electrons. The minimum atomic E-state index is -0.321. The largest absolute Gasteiger partial charge is 0.288 e. The number of benzene rings is 3. The highest BCUT2D eigenvalue weighted by molar-refractivity contribution is 6.03. The van der Waals surface area contributed by atoms with Gasteiger partial charge in [-0.05, 0) is 60.1 Å². The summed E-state index contributed by atoms with van der Waals surface area (Å²) in [4.78, 5) is 28.8. The predicted molar refractivity (Wildman–Crippen MR) is 218 cm³/mol. The van der Waals surface area contributed by atoms with Crippen LogP contribution in [-0.2, 0) is 12.8 Å². The van der Waals surface area contributed by atoms with E-state index < -0.39 is 0 Å². The Morgan fingerprint density at radius 3 is 0.980 bits per heavy atom. The van der Waals surface area contributed by atoms with Crippen molar-refractivity contribution in [3.63, 3.8) is 0 Å². The molecule has 0 aliphatic heterocycles. The number of rotatable bonds is 24. The van der Waals surface area contributed by atoms with Gasteiger partial charge >= 0.3 is 0 Å². The van der Waals surface area contributed by atoms with Crippen LogP contribution in [0, 0.1) is 0 Å². The van der Waals surface area contributed by atoms with E-state index in [9.17, 15) is 9.59 Å². The highest BCUT2D eigenvalue weighted by Crippen LogP contribution is 2.37. The van der Waals surface area contributed by atoms with Crippen LogP contribution >= 0.6 is 24.8 Å². The van der Waals surface area contributed by atoms with Crippen molar-refractivity contribution in [3.8, 4) is 22.3 Å². The summed E-state index contributed by atoms with van der Waals surface area (Å²) >= 11 is 0. The average molecular weight is 709 g/mol. The van der Waals surface area contributed by atoms with Crippen molar-refractivity contribution in [3.05, 3.63) is 92.5 Å². The molecule has 0 aliphatic rings. The van der Waals surface area contributed by atoms with E-state index in [0.717, 1.165) is 35.1 Å². The van der Waals surface area contributed by atoms with Gasteiger partial charge in [-0.15, -0.1) is 24.8 Å². The minimum absolute atomic E-state index is 0. The van der Waals surface area contributed by atoms with Crippen molar-refractivity contribution >= 4 is 35.6 Å². The molecule has 5 rings (SSSR count). The maximum absolute atomic E-state index is 13.1. The van der Waals surface area contributed by atoms with Crippen LogP contribution in [0.15, 0.2) is 70.3 Å². The monoisotopic (exact) mass is 707 g/mol. The molecule has 0 saturated carbocycles. The summed E-state index contributed by atoms with van der Waals surface area (Å²) in [6.45, 7) is 4.55. The molecule has 49 heavy (non-hydrogen) atoms. The lowest BCUT2D eigenvalue weighted by atomic mass is 9.89. The number of aromatic amines is 1. The first-order valence-electron chi connectivity index (χ1n) is 19.3. The van der Waals surface area contributed by atoms with Gasteiger partial charge in [0.05, 0.1) is 0 Å². The van der Waals surface area contributed by atoms with E-state index in [1.54, 1.807) is 0 Å². The first-order valence-corrected chi connectivity index (χ1v) is 19.3. The van der Waals surface area contributed by atoms with Crippen LogP contribution in [0.1, 0.15) is 153 Å². The van der Waals surface area contributed by atoms with Gasteiger partial charge in [-0.25, -0.2) is 0 Å². The molecule has 0 saturated heterocycles. The lowest BCUT2D eigenvalue weighted by Crippen LogP contribution is -2.12. The van der Waals surface area contributed by atoms with E-state index in [0.29, 0.717) is 10.8 Å². The van der Waals surface area contributed by atoms with Crippen molar-refractivity contribution in [1.82, 2.24) is 4.98 Å². The molecular formula is C44H63Cl2NO2. The summed E-state index contributed by atoms with van der Waals surface area (Å²) in [6, 6.07) is 21.0. The molecule has 2 heterocycles. The van der Waals surface area contributed by atoms with Gasteiger partial charge in [0.1, 0.15) is 0 Å². The number of aryl methyl sites for hydroxylation is 2. The lowest BCUT2D eigenvalue weighted by molar-refractivity contribution is 0.556. The summed E-state index contributed by atoms with van der Waals surface area (Å²) < 4.78 is 0. The Hall–Kier alpha value is -2.62. The van der Waals surface area contributed by atoms with E-state index in [-0.39, 0.29) is 35.9 Å². The summed E-state index contributed by atoms with van der Waals surface area (Å²) in [5, 5.41) is 1.12. The normalized spacial score (nSPS) is 11.1. The SMILES string of the molecule is CCCCCCCCCCCCc1ccc(-c2c(-c3ccc(CCCCCCCCCCCC)cc3)c3ccc2c(=O)[nH]c3=O)cc1.Cl.Cl. The van der Waals surface area contributed by atoms with Gasteiger partial charge < -0.3 is 0 Å². The second-order valence-electron chi connectivity index (χ2n) is 14.0. The van der Waals surface area contributed by atoms with Gasteiger partial charge in [0.25, 0.3) is 11.1 Å². The minimum Gasteiger partial charge on any atom is -0.288 e. The van der Waals surface area contributed by atoms with E-state index >= 15 is 0 Å². The molecular weight excluding hydrogens is 645 g/mol. The Balaban J connectivity index is 0.00000417. The fourth-order valence-electron chi connectivity index (χ4n) is 7.13. The molecule has 3 nitrogen and oxygen atoms in total. The lowest BCUT2D eigenvalue weighted by Gasteiger charge is -2.13. The summed E-state index contributed by atoms with van der Waals surface area (Å²) in [5.74, 6) is 0. The number of hydrogen-bond donors (Lipinski definition) is 1. The van der Waals surface area contributed by atoms with Crippen LogP contribution in [-0.4, -0.2) is 4.98 Å². The van der Waals surface area contributed by atoms with Gasteiger partial charge in [-0.3, -0.25) is 14.6 Å². The van der Waals surface area contributed by atoms with Crippen molar-refractivity contribution < 1.29 is 0 Å². The number of unbranched alkanes of at least 4 members (excludes halogenated alkanes) is 18. The molecule has 5 aromatic rings. The average Bonchev–Trinajstić information content (AvgIpc) is 3.29. The summed E-state index contributed by atoms with van der Waals surface area (Å²) in [7, 11) is 0. The molecule has 0 fully saturated rings. The number of fused-ring (bicyclic) bond motifs is 4. The van der Waals surface area contributed by atoms with Gasteiger partial charge in [-0.2, -0.15) is 0 Å². The molecule has 0 unspecified atom stereocenters. The number of H-pyrrole nitrogens is 1. The van der Waals surface area contributed by atoms with Crippen LogP contribution in [0.3, 0.4) is 0 Å². The van der Waals surface area contributed by atoms with Crippen molar-refractivity contribution in [2.24, 2.45) is 0 Å². The maximum Gasteiger partial charge on any atom is 0.258 e. The standard InChI is InChI=1S/C44H61NO2.2ClH/c1-3-5-7-9-11-13-15-17-19-21-23-35-25-29-37(30-26-35)41-39-33-34-40(44(47)45-43(39)46)42(41)38-31-27-36(28-32-38)24-22-20-18-16-14-12-10-8-6-4-2;;/h25-34H,3-24H2,1-2H3,(H,45,46,47);2*1H. The van der Waals surface area contributed by atoms with Crippen LogP contribution in [0.4, 0.5) is 0 Å². The highest BCUT2D eigenvalue weighted by atomic mass is 35.5. The Labute approximate surface area is 309 Å². The third-order valence-corrected chi connectivity index (χ3v) is 10.0. The molecule has 1 N–H and O–H groups in total. The third kappa shape index (κ3) is 13.9. The number of nitrogens with one attached hydrogen (secondary N) is 1. The fourth-order valence-corrected chi connectivity index (χ4v) is 7.13. The summed E-state index contributed by atoms with van der Waals surface area (Å²) in [6.07, 6.45) is 29.0. The Kier molecular flexibility index (Phi) is 21.3. The van der Waals surface area contributed by atoms with Crippen LogP contribution in [0.2, 0.25) is 0 Å². The molecule has 0 atom stereocenters. The second-order valence-corrected chi connectivity index (χ2v) is 14.0. The van der Waals surface area contributed by atoms with Crippen LogP contribution in [0.25, 0.3) is 33.0 Å². The number of hydrogen-bond acceptors (Lipinski definition) is 2. The molecule has 5 heteroatoms. The Morgan fingerprint density at radius 1 is 0.388 bits per heavy atom. The van der Waals surface area contributed by atoms with Crippen molar-refractivity contribution in [2.45, 2.75) is 155 Å². The number of aromatic nitrogens is 1. The molecule has 2 bridgehead atoms. The van der Waals surface area contributed by atoms with Gasteiger partial charge in [0.2, 0.25) is 0 Å². The van der Waals surface area contributed by atoms with Crippen LogP contribution in [0.5, 0.6) is 0 Å². The van der Waals surface area contributed by atoms with Gasteiger partial charge in [0, 0.05) is 21.9 Å². The zero-order valence-electron chi connectivity index (χ0n) is 30.5. The van der Waals surface area contributed by atoms with Gasteiger partial charge in [0.15, 0.2) is 0 Å². The Morgan fingerprint density at radius 2 is 0.673 bits per heavy atom. The molecule has 270 valence electrons. The van der Waals surface area contributed by atoms with E-state index in [1.807, 2.05) is 12.1 Å². The quantitative estimate of drug-likeness (QED) is 0.0737. The molecule has 0 amide bonds. The van der Waals surface area contributed by atoms with Gasteiger partial charge in [-0.1, -0.05) is 178 Å². The second kappa shape index (κ2) is 24.5. The van der Waals surface area contributed by atoms with E-state index in [2.05, 4.69) is 67.4 Å². The fraction of sp³-hybridized carbons (Fsp3) is 0.545. The molecule has 0 aliphatic carbocycles. The Bertz CT molecular complexity index is 1430. The first kappa shape index (κ1) is 42.5. The smallest absolute Gasteiger partial charge is 0.258 e. The third-order valence-electron chi connectivity index (χ3n) is 10.0. The zero-order valence-corrected chi connectivity index (χ0v) is 32.1. The van der Waals surface area contributed by atoms with E-state index in [4.69, 9.17) is 0 Å². The predicted octanol–water partition coefficient (Wildman–Crippen LogP) is 13.4. The topological polar surface area (TPSA) is 49.9 Å². The maximum atomic E-state index is 13.1. The van der Waals surface area contributed by atoms with Crippen molar-refractivity contribution in [1.29, 1.82) is 0 Å². The van der Waals surface area contributed by atoms with E-state index in [1.165, 1.54) is 140 Å². The molecule has 2 aromatic heterocycles. The molecule has 3 aromatic carbocycles. The van der Waals surface area contributed by atoms with Crippen LogP contribution < -0.4 is 11.1 Å². The summed E-state index contributed by atoms with van der Waals surface area (Å²) in [5.41, 5.74) is 5.72. The van der Waals surface area contributed by atoms with Crippen molar-refractivity contribution in [2.75, 3.05) is 0 Å². The first-order chi connectivity index (χ1) is 23.1. The number of halogens is 2.